The number of hydrogen-bond acceptors (Lipinski definition) is 7. The Bertz CT molecular complexity index is 987. The number of nitrogen functional groups attached to an aromatic ring is 1. The Hall–Kier alpha value is -3.40. The summed E-state index contributed by atoms with van der Waals surface area (Å²) in [5.74, 6) is 5.83. The number of carbonyl (C=O) groups is 1. The van der Waals surface area contributed by atoms with Gasteiger partial charge in [-0.15, -0.1) is 10.2 Å². The van der Waals surface area contributed by atoms with Gasteiger partial charge in [0.15, 0.2) is 0 Å². The van der Waals surface area contributed by atoms with E-state index >= 15 is 0 Å². The molecule has 8 nitrogen and oxygen atoms in total. The van der Waals surface area contributed by atoms with E-state index in [-0.39, 0.29) is 23.4 Å². The third-order valence-corrected chi connectivity index (χ3v) is 4.80. The van der Waals surface area contributed by atoms with Crippen molar-refractivity contribution in [2.75, 3.05) is 17.0 Å². The predicted octanol–water partition coefficient (Wildman–Crippen LogP) is 2.29. The van der Waals surface area contributed by atoms with Crippen LogP contribution in [0.4, 0.5) is 10.3 Å². The maximum absolute atomic E-state index is 12.9. The molecule has 1 aromatic heterocycles. The molecule has 0 bridgehead atoms. The molecule has 10 heteroatoms. The number of anilines is 1. The lowest BCUT2D eigenvalue weighted by Gasteiger charge is -2.06. The Morgan fingerprint density at radius 3 is 2.66 bits per heavy atom. The van der Waals surface area contributed by atoms with E-state index in [0.717, 1.165) is 17.3 Å². The number of nitrogens with zero attached hydrogens (tertiary/aromatic N) is 4. The molecule has 4 N–H and O–H groups in total. The first-order valence-electron chi connectivity index (χ1n) is 8.71. The second-order valence-electron chi connectivity index (χ2n) is 6.15. The van der Waals surface area contributed by atoms with Crippen molar-refractivity contribution in [3.05, 3.63) is 71.0 Å². The van der Waals surface area contributed by atoms with Gasteiger partial charge in [0.2, 0.25) is 11.1 Å². The van der Waals surface area contributed by atoms with Crippen LogP contribution in [-0.2, 0) is 11.3 Å². The van der Waals surface area contributed by atoms with Crippen LogP contribution in [0.3, 0.4) is 0 Å². The highest BCUT2D eigenvalue weighted by atomic mass is 32.2. The third-order valence-electron chi connectivity index (χ3n) is 3.86. The van der Waals surface area contributed by atoms with Gasteiger partial charge in [-0.3, -0.25) is 4.79 Å². The molecule has 0 saturated heterocycles. The van der Waals surface area contributed by atoms with E-state index in [9.17, 15) is 9.18 Å². The monoisotopic (exact) mass is 413 g/mol. The summed E-state index contributed by atoms with van der Waals surface area (Å²) < 4.78 is 14.1. The summed E-state index contributed by atoms with van der Waals surface area (Å²) in [6.07, 6.45) is 1.50. The van der Waals surface area contributed by atoms with Gasteiger partial charge in [-0.05, 0) is 30.2 Å². The number of nitrogens with two attached hydrogens (primary N) is 1. The van der Waals surface area contributed by atoms with Crippen LogP contribution in [0, 0.1) is 12.7 Å². The summed E-state index contributed by atoms with van der Waals surface area (Å²) in [6, 6.07) is 13.8. The fraction of sp³-hybridized carbons (Fsp3) is 0.158. The number of aromatic nitrogens is 3. The molecule has 0 aliphatic carbocycles. The molecule has 3 rings (SSSR count). The number of nitrogens with one attached hydrogen (secondary N) is 2. The summed E-state index contributed by atoms with van der Waals surface area (Å²) in [7, 11) is 0. The number of benzene rings is 2. The van der Waals surface area contributed by atoms with Crippen LogP contribution in [0.5, 0.6) is 0 Å². The molecule has 0 saturated carbocycles. The van der Waals surface area contributed by atoms with Crippen molar-refractivity contribution in [3.63, 3.8) is 0 Å². The SMILES string of the molecule is Cc1ccc(CNC(=O)CSc2nnc(N/N=C/c3ccc(F)cc3)n2N)cc1. The molecule has 2 aromatic carbocycles. The van der Waals surface area contributed by atoms with Crippen LogP contribution >= 0.6 is 11.8 Å². The quantitative estimate of drug-likeness (QED) is 0.226. The van der Waals surface area contributed by atoms with Crippen molar-refractivity contribution in [2.24, 2.45) is 5.10 Å². The number of hydrazone groups is 1. The summed E-state index contributed by atoms with van der Waals surface area (Å²) in [6.45, 7) is 2.47. The first-order valence-corrected chi connectivity index (χ1v) is 9.70. The zero-order chi connectivity index (χ0) is 20.6. The number of aryl methyl sites for hydroxylation is 1. The van der Waals surface area contributed by atoms with Gasteiger partial charge in [0.25, 0.3) is 5.95 Å². The lowest BCUT2D eigenvalue weighted by atomic mass is 10.1. The standard InChI is InChI=1S/C19H20FN7OS/c1-13-2-4-14(5-3-13)10-22-17(28)12-29-19-26-25-18(27(19)21)24-23-11-15-6-8-16(20)9-7-15/h2-9,11H,10,12,21H2,1H3,(H,22,28)(H,24,25)/b23-11+. The Kier molecular flexibility index (Phi) is 6.80. The zero-order valence-electron chi connectivity index (χ0n) is 15.7. The number of hydrogen-bond donors (Lipinski definition) is 3. The highest BCUT2D eigenvalue weighted by molar-refractivity contribution is 7.99. The molecule has 1 heterocycles. The number of carbonyl (C=O) groups excluding carboxylic acids is 1. The van der Waals surface area contributed by atoms with Crippen molar-refractivity contribution in [2.45, 2.75) is 18.6 Å². The van der Waals surface area contributed by atoms with E-state index in [1.807, 2.05) is 31.2 Å². The maximum atomic E-state index is 12.9. The normalized spacial score (nSPS) is 11.0. The first kappa shape index (κ1) is 20.3. The summed E-state index contributed by atoms with van der Waals surface area (Å²) in [4.78, 5) is 12.0. The average Bonchev–Trinajstić information content (AvgIpc) is 3.07. The van der Waals surface area contributed by atoms with Crippen molar-refractivity contribution in [3.8, 4) is 0 Å². The lowest BCUT2D eigenvalue weighted by Crippen LogP contribution is -2.25. The Balaban J connectivity index is 1.46. The Morgan fingerprint density at radius 2 is 1.93 bits per heavy atom. The van der Waals surface area contributed by atoms with Gasteiger partial charge in [0, 0.05) is 6.54 Å². The summed E-state index contributed by atoms with van der Waals surface area (Å²) in [5.41, 5.74) is 5.57. The van der Waals surface area contributed by atoms with E-state index in [2.05, 4.69) is 26.0 Å². The van der Waals surface area contributed by atoms with E-state index < -0.39 is 0 Å². The van der Waals surface area contributed by atoms with Gasteiger partial charge in [-0.2, -0.15) is 5.10 Å². The fourth-order valence-corrected chi connectivity index (χ4v) is 2.94. The van der Waals surface area contributed by atoms with E-state index in [4.69, 9.17) is 5.84 Å². The van der Waals surface area contributed by atoms with E-state index in [0.29, 0.717) is 17.3 Å². The zero-order valence-corrected chi connectivity index (χ0v) is 16.5. The van der Waals surface area contributed by atoms with Crippen LogP contribution in [0.1, 0.15) is 16.7 Å². The second kappa shape index (κ2) is 9.69. The summed E-state index contributed by atoms with van der Waals surface area (Å²) >= 11 is 1.16. The second-order valence-corrected chi connectivity index (χ2v) is 7.09. The molecular weight excluding hydrogens is 393 g/mol. The largest absolute Gasteiger partial charge is 0.351 e. The maximum Gasteiger partial charge on any atom is 0.264 e. The Labute approximate surface area is 171 Å². The third kappa shape index (κ3) is 6.04. The first-order chi connectivity index (χ1) is 14.0. The molecule has 150 valence electrons. The van der Waals surface area contributed by atoms with Crippen LogP contribution in [0.15, 0.2) is 58.8 Å². The average molecular weight is 413 g/mol. The van der Waals surface area contributed by atoms with Gasteiger partial charge in [0.1, 0.15) is 5.82 Å². The molecule has 0 atom stereocenters. The van der Waals surface area contributed by atoms with Gasteiger partial charge >= 0.3 is 0 Å². The van der Waals surface area contributed by atoms with Gasteiger partial charge in [-0.25, -0.2) is 14.5 Å². The Morgan fingerprint density at radius 1 is 1.21 bits per heavy atom. The number of thioether (sulfide) groups is 1. The highest BCUT2D eigenvalue weighted by Crippen LogP contribution is 2.16. The smallest absolute Gasteiger partial charge is 0.264 e. The molecule has 0 aliphatic rings. The number of halogens is 1. The summed E-state index contributed by atoms with van der Waals surface area (Å²) in [5, 5.41) is 15.0. The molecule has 0 radical (unpaired) electrons. The van der Waals surface area contributed by atoms with Crippen molar-refractivity contribution in [1.82, 2.24) is 20.2 Å². The van der Waals surface area contributed by atoms with Crippen molar-refractivity contribution >= 4 is 29.8 Å². The predicted molar refractivity (Wildman–Crippen MR) is 112 cm³/mol. The molecule has 0 fully saturated rings. The fourth-order valence-electron chi connectivity index (χ4n) is 2.25. The topological polar surface area (TPSA) is 110 Å². The van der Waals surface area contributed by atoms with Crippen LogP contribution in [0.25, 0.3) is 0 Å². The molecule has 0 spiro atoms. The molecular formula is C19H20FN7OS. The minimum atomic E-state index is -0.318. The van der Waals surface area contributed by atoms with E-state index in [1.54, 1.807) is 12.1 Å². The van der Waals surface area contributed by atoms with Crippen LogP contribution in [-0.4, -0.2) is 32.7 Å². The van der Waals surface area contributed by atoms with Crippen LogP contribution in [0.2, 0.25) is 0 Å². The van der Waals surface area contributed by atoms with Crippen LogP contribution < -0.4 is 16.6 Å². The van der Waals surface area contributed by atoms with E-state index in [1.165, 1.54) is 28.6 Å². The lowest BCUT2D eigenvalue weighted by molar-refractivity contribution is -0.118. The molecule has 0 unspecified atom stereocenters. The molecule has 0 aliphatic heterocycles. The van der Waals surface area contributed by atoms with Crippen molar-refractivity contribution in [1.29, 1.82) is 0 Å². The van der Waals surface area contributed by atoms with Crippen molar-refractivity contribution < 1.29 is 9.18 Å². The minimum absolute atomic E-state index is 0.137. The molecule has 3 aromatic rings. The number of rotatable bonds is 8. The highest BCUT2D eigenvalue weighted by Gasteiger charge is 2.11. The molecule has 29 heavy (non-hydrogen) atoms. The minimum Gasteiger partial charge on any atom is -0.351 e. The van der Waals surface area contributed by atoms with Gasteiger partial charge < -0.3 is 11.2 Å². The van der Waals surface area contributed by atoms with Gasteiger partial charge in [-0.1, -0.05) is 53.7 Å². The van der Waals surface area contributed by atoms with Gasteiger partial charge in [0.05, 0.1) is 12.0 Å². The molecule has 1 amide bonds. The number of amides is 1.